The van der Waals surface area contributed by atoms with Gasteiger partial charge in [0, 0.05) is 73.3 Å². The van der Waals surface area contributed by atoms with Gasteiger partial charge < -0.3 is 25.6 Å². The number of nitrogens with one attached hydrogen (secondary N) is 3. The predicted octanol–water partition coefficient (Wildman–Crippen LogP) is 2.43. The van der Waals surface area contributed by atoms with Crippen molar-refractivity contribution in [3.05, 3.63) is 42.0 Å². The molecule has 0 spiro atoms. The monoisotopic (exact) mass is 317 g/mol. The largest absolute Gasteiger partial charge is 0.388 e. The van der Waals surface area contributed by atoms with Crippen molar-refractivity contribution in [3.8, 4) is 0 Å². The minimum Gasteiger partial charge on any atom is -0.388 e. The lowest BCUT2D eigenvalue weighted by molar-refractivity contribution is -0.0599. The Labute approximate surface area is 133 Å². The first-order chi connectivity index (χ1) is 11.1. The normalized spacial score (nSPS) is 18.1. The van der Waals surface area contributed by atoms with Crippen LogP contribution in [0.25, 0.3) is 16.5 Å². The van der Waals surface area contributed by atoms with E-state index in [2.05, 4.69) is 10.3 Å². The average Bonchev–Trinajstić information content (AvgIpc) is 2.95. The molecule has 0 radical (unpaired) electrons. The highest BCUT2D eigenvalue weighted by Crippen LogP contribution is 2.25. The lowest BCUT2D eigenvalue weighted by Crippen LogP contribution is -2.43. The number of aromatic nitrogens is 1. The van der Waals surface area contributed by atoms with E-state index in [1.807, 2.05) is 0 Å². The van der Waals surface area contributed by atoms with Gasteiger partial charge in [0.2, 0.25) is 0 Å². The van der Waals surface area contributed by atoms with Crippen LogP contribution in [0, 0.1) is 11.2 Å². The van der Waals surface area contributed by atoms with Gasteiger partial charge >= 0.3 is 0 Å². The van der Waals surface area contributed by atoms with Crippen molar-refractivity contribution in [1.82, 2.24) is 10.3 Å². The van der Waals surface area contributed by atoms with Gasteiger partial charge in [-0.05, 0) is 18.2 Å². The van der Waals surface area contributed by atoms with Crippen LogP contribution >= 0.6 is 0 Å². The van der Waals surface area contributed by atoms with Crippen LogP contribution < -0.4 is 5.32 Å². The Hall–Kier alpha value is -2.18. The third-order valence-electron chi connectivity index (χ3n) is 4.22. The zero-order valence-corrected chi connectivity index (χ0v) is 12.7. The molecule has 0 bridgehead atoms. The summed E-state index contributed by atoms with van der Waals surface area (Å²) in [5.74, 6) is -0.300. The number of rotatable bonds is 5. The van der Waals surface area contributed by atoms with Crippen LogP contribution in [-0.2, 0) is 4.74 Å². The minimum absolute atomic E-state index is 0.300. The van der Waals surface area contributed by atoms with Gasteiger partial charge in [0.15, 0.2) is 0 Å². The molecule has 5 nitrogen and oxygen atoms in total. The molecule has 0 atom stereocenters. The molecule has 1 aliphatic heterocycles. The van der Waals surface area contributed by atoms with E-state index in [1.165, 1.54) is 18.3 Å². The second kappa shape index (κ2) is 6.52. The summed E-state index contributed by atoms with van der Waals surface area (Å²) in [4.78, 5) is 3.01. The first-order valence-electron chi connectivity index (χ1n) is 7.62. The summed E-state index contributed by atoms with van der Waals surface area (Å²) < 4.78 is 18.5. The number of aliphatic hydroxyl groups is 1. The van der Waals surface area contributed by atoms with Crippen molar-refractivity contribution < 1.29 is 14.2 Å². The van der Waals surface area contributed by atoms with Crippen molar-refractivity contribution in [1.29, 1.82) is 5.41 Å². The number of benzene rings is 1. The second-order valence-corrected chi connectivity index (χ2v) is 5.85. The van der Waals surface area contributed by atoms with Gasteiger partial charge in [-0.2, -0.15) is 0 Å². The van der Waals surface area contributed by atoms with E-state index in [1.54, 1.807) is 18.5 Å². The van der Waals surface area contributed by atoms with Crippen LogP contribution in [0.1, 0.15) is 18.4 Å². The maximum Gasteiger partial charge on any atom is 0.125 e. The van der Waals surface area contributed by atoms with Crippen molar-refractivity contribution >= 4 is 22.7 Å². The number of aromatic amines is 1. The standard InChI is InChI=1S/C17H20FN3O2/c18-13-1-2-14-15(10-21-16(14)7-13)12(8-19)9-20-11-17(22)3-5-23-6-4-17/h1-2,7-10,19-22H,3-6,11H2/b12-9+,19-8?. The Morgan fingerprint density at radius 2 is 2.22 bits per heavy atom. The number of fused-ring (bicyclic) bond motifs is 1. The van der Waals surface area contributed by atoms with Crippen LogP contribution in [0.15, 0.2) is 30.6 Å². The van der Waals surface area contributed by atoms with E-state index < -0.39 is 5.60 Å². The summed E-state index contributed by atoms with van der Waals surface area (Å²) in [5, 5.41) is 22.0. The molecule has 1 aliphatic rings. The van der Waals surface area contributed by atoms with Gasteiger partial charge in [0.05, 0.1) is 5.60 Å². The molecule has 3 rings (SSSR count). The Kier molecular flexibility index (Phi) is 4.45. The second-order valence-electron chi connectivity index (χ2n) is 5.85. The lowest BCUT2D eigenvalue weighted by Gasteiger charge is -2.31. The highest BCUT2D eigenvalue weighted by atomic mass is 19.1. The Morgan fingerprint density at radius 3 is 2.96 bits per heavy atom. The first kappa shape index (κ1) is 15.7. The molecule has 1 aromatic heterocycles. The molecule has 122 valence electrons. The fraction of sp³-hybridized carbons (Fsp3) is 0.353. The molecule has 1 fully saturated rings. The Balaban J connectivity index is 1.77. The zero-order valence-electron chi connectivity index (χ0n) is 12.7. The van der Waals surface area contributed by atoms with Crippen molar-refractivity contribution in [2.45, 2.75) is 18.4 Å². The fourth-order valence-corrected chi connectivity index (χ4v) is 2.81. The van der Waals surface area contributed by atoms with Crippen LogP contribution in [0.5, 0.6) is 0 Å². The van der Waals surface area contributed by atoms with E-state index >= 15 is 0 Å². The molecular weight excluding hydrogens is 297 g/mol. The van der Waals surface area contributed by atoms with Crippen molar-refractivity contribution in [2.75, 3.05) is 19.8 Å². The summed E-state index contributed by atoms with van der Waals surface area (Å²) in [6, 6.07) is 4.53. The maximum atomic E-state index is 13.2. The maximum absolute atomic E-state index is 13.2. The number of ether oxygens (including phenoxy) is 1. The molecule has 23 heavy (non-hydrogen) atoms. The minimum atomic E-state index is -0.773. The SMILES string of the molecule is N=C/C(=C\NCC1(O)CCOCC1)c1c[nH]c2cc(F)ccc12. The highest BCUT2D eigenvalue weighted by Gasteiger charge is 2.29. The number of hydrogen-bond donors (Lipinski definition) is 4. The van der Waals surface area contributed by atoms with Gasteiger partial charge in [-0.25, -0.2) is 4.39 Å². The molecular formula is C17H20FN3O2. The summed E-state index contributed by atoms with van der Waals surface area (Å²) in [6.45, 7) is 1.53. The van der Waals surface area contributed by atoms with Crippen LogP contribution in [0.2, 0.25) is 0 Å². The highest BCUT2D eigenvalue weighted by molar-refractivity contribution is 6.13. The van der Waals surface area contributed by atoms with Crippen LogP contribution in [-0.4, -0.2) is 41.7 Å². The van der Waals surface area contributed by atoms with E-state index in [9.17, 15) is 9.50 Å². The first-order valence-corrected chi connectivity index (χ1v) is 7.62. The Morgan fingerprint density at radius 1 is 1.43 bits per heavy atom. The summed E-state index contributed by atoms with van der Waals surface area (Å²) in [6.07, 6.45) is 5.91. The van der Waals surface area contributed by atoms with E-state index in [-0.39, 0.29) is 5.82 Å². The molecule has 4 N–H and O–H groups in total. The average molecular weight is 317 g/mol. The number of allylic oxidation sites excluding steroid dienone is 1. The van der Waals surface area contributed by atoms with Gasteiger partial charge in [-0.1, -0.05) is 0 Å². The Bertz CT molecular complexity index is 733. The van der Waals surface area contributed by atoms with Crippen LogP contribution in [0.3, 0.4) is 0 Å². The van der Waals surface area contributed by atoms with Gasteiger partial charge in [0.25, 0.3) is 0 Å². The summed E-state index contributed by atoms with van der Waals surface area (Å²) in [5.41, 5.74) is 1.40. The number of hydrogen-bond acceptors (Lipinski definition) is 4. The third-order valence-corrected chi connectivity index (χ3v) is 4.22. The van der Waals surface area contributed by atoms with E-state index in [0.717, 1.165) is 10.9 Å². The molecule has 0 unspecified atom stereocenters. The molecule has 0 amide bonds. The van der Waals surface area contributed by atoms with Gasteiger partial charge in [0.1, 0.15) is 5.82 Å². The van der Waals surface area contributed by atoms with Crippen LogP contribution in [0.4, 0.5) is 4.39 Å². The summed E-state index contributed by atoms with van der Waals surface area (Å²) >= 11 is 0. The predicted molar refractivity (Wildman–Crippen MR) is 88.0 cm³/mol. The van der Waals surface area contributed by atoms with Crippen molar-refractivity contribution in [3.63, 3.8) is 0 Å². The molecule has 0 saturated carbocycles. The number of halogens is 1. The smallest absolute Gasteiger partial charge is 0.125 e. The van der Waals surface area contributed by atoms with Gasteiger partial charge in [-0.3, -0.25) is 0 Å². The summed E-state index contributed by atoms with van der Waals surface area (Å²) in [7, 11) is 0. The van der Waals surface area contributed by atoms with Gasteiger partial charge in [-0.15, -0.1) is 0 Å². The number of H-pyrrole nitrogens is 1. The molecule has 1 aromatic carbocycles. The zero-order chi connectivity index (χ0) is 16.3. The molecule has 2 heterocycles. The molecule has 1 saturated heterocycles. The fourth-order valence-electron chi connectivity index (χ4n) is 2.81. The quantitative estimate of drug-likeness (QED) is 0.639. The van der Waals surface area contributed by atoms with Crippen molar-refractivity contribution in [2.24, 2.45) is 0 Å². The molecule has 6 heteroatoms. The topological polar surface area (TPSA) is 81.1 Å². The third kappa shape index (κ3) is 3.43. The van der Waals surface area contributed by atoms with E-state index in [0.29, 0.717) is 43.7 Å². The molecule has 0 aliphatic carbocycles. The molecule has 2 aromatic rings. The lowest BCUT2D eigenvalue weighted by atomic mass is 9.94. The van der Waals surface area contributed by atoms with E-state index in [4.69, 9.17) is 10.1 Å².